The van der Waals surface area contributed by atoms with Gasteiger partial charge in [-0.3, -0.25) is 4.79 Å². The van der Waals surface area contributed by atoms with Crippen molar-refractivity contribution >= 4 is 17.7 Å². The molecular formula is C30H26F3N3O3. The van der Waals surface area contributed by atoms with E-state index >= 15 is 0 Å². The molecule has 0 unspecified atom stereocenters. The maximum absolute atomic E-state index is 13.8. The Morgan fingerprint density at radius 3 is 2.26 bits per heavy atom. The minimum Gasteiger partial charge on any atom is -0.443 e. The van der Waals surface area contributed by atoms with Crippen LogP contribution in [0.25, 0.3) is 22.4 Å². The van der Waals surface area contributed by atoms with Gasteiger partial charge in [-0.2, -0.15) is 13.2 Å². The van der Waals surface area contributed by atoms with Crippen molar-refractivity contribution in [2.75, 3.05) is 4.90 Å². The molecule has 0 fully saturated rings. The standard InChI is InChI=1S/C30H26F3N3O3/c1-18-26(36(17-34-18)28(38)39-29(2,3)4)25-20(19-10-6-5-7-11-19)12-9-15-24(25)35-16-22-21(27(35)37)13-8-14-23(22)30(31,32)33/h5-15,17H,16H2,1-4H3. The molecule has 9 heteroatoms. The number of imidazole rings is 1. The molecule has 4 aromatic rings. The summed E-state index contributed by atoms with van der Waals surface area (Å²) >= 11 is 0. The summed E-state index contributed by atoms with van der Waals surface area (Å²) in [7, 11) is 0. The van der Waals surface area contributed by atoms with Gasteiger partial charge in [-0.25, -0.2) is 14.3 Å². The van der Waals surface area contributed by atoms with Crippen LogP contribution in [-0.2, 0) is 17.5 Å². The van der Waals surface area contributed by atoms with Gasteiger partial charge in [0.1, 0.15) is 11.9 Å². The van der Waals surface area contributed by atoms with E-state index in [-0.39, 0.29) is 17.7 Å². The van der Waals surface area contributed by atoms with Gasteiger partial charge in [0.05, 0.1) is 29.2 Å². The Labute approximate surface area is 223 Å². The molecular weight excluding hydrogens is 507 g/mol. The Morgan fingerprint density at radius 1 is 0.923 bits per heavy atom. The molecule has 1 aliphatic rings. The number of rotatable bonds is 3. The summed E-state index contributed by atoms with van der Waals surface area (Å²) in [6.07, 6.45) is -3.92. The largest absolute Gasteiger partial charge is 0.443 e. The van der Waals surface area contributed by atoms with E-state index < -0.39 is 29.3 Å². The molecule has 0 N–H and O–H groups in total. The van der Waals surface area contributed by atoms with Gasteiger partial charge < -0.3 is 9.64 Å². The van der Waals surface area contributed by atoms with Crippen LogP contribution in [-0.4, -0.2) is 27.2 Å². The van der Waals surface area contributed by atoms with Crippen LogP contribution >= 0.6 is 0 Å². The lowest BCUT2D eigenvalue weighted by molar-refractivity contribution is -0.138. The molecule has 1 aliphatic heterocycles. The van der Waals surface area contributed by atoms with Crippen molar-refractivity contribution in [3.8, 4) is 22.4 Å². The number of aryl methyl sites for hydroxylation is 1. The lowest BCUT2D eigenvalue weighted by Gasteiger charge is -2.25. The molecule has 3 aromatic carbocycles. The van der Waals surface area contributed by atoms with Gasteiger partial charge in [0, 0.05) is 11.1 Å². The maximum Gasteiger partial charge on any atom is 0.420 e. The summed E-state index contributed by atoms with van der Waals surface area (Å²) in [6, 6.07) is 18.2. The third kappa shape index (κ3) is 4.80. The van der Waals surface area contributed by atoms with Gasteiger partial charge in [-0.15, -0.1) is 0 Å². The van der Waals surface area contributed by atoms with Crippen molar-refractivity contribution in [3.05, 3.63) is 95.4 Å². The van der Waals surface area contributed by atoms with Crippen LogP contribution in [0.1, 0.15) is 48.0 Å². The summed E-state index contributed by atoms with van der Waals surface area (Å²) in [4.78, 5) is 32.5. The zero-order chi connectivity index (χ0) is 28.1. The number of benzene rings is 3. The van der Waals surface area contributed by atoms with E-state index in [4.69, 9.17) is 4.74 Å². The Kier molecular flexibility index (Phi) is 6.33. The number of hydrogen-bond donors (Lipinski definition) is 0. The first-order valence-corrected chi connectivity index (χ1v) is 12.3. The monoisotopic (exact) mass is 533 g/mol. The zero-order valence-electron chi connectivity index (χ0n) is 21.8. The highest BCUT2D eigenvalue weighted by molar-refractivity contribution is 6.13. The van der Waals surface area contributed by atoms with Crippen LogP contribution in [0.2, 0.25) is 0 Å². The molecule has 1 amide bonds. The van der Waals surface area contributed by atoms with Crippen LogP contribution in [0.5, 0.6) is 0 Å². The normalized spacial score (nSPS) is 13.5. The van der Waals surface area contributed by atoms with Crippen molar-refractivity contribution in [2.24, 2.45) is 0 Å². The third-order valence-corrected chi connectivity index (χ3v) is 6.47. The molecule has 5 rings (SSSR count). The van der Waals surface area contributed by atoms with Crippen LogP contribution < -0.4 is 4.90 Å². The minimum absolute atomic E-state index is 0.00161. The van der Waals surface area contributed by atoms with Crippen molar-refractivity contribution in [2.45, 2.75) is 46.0 Å². The average molecular weight is 534 g/mol. The van der Waals surface area contributed by atoms with E-state index in [1.807, 2.05) is 36.4 Å². The highest BCUT2D eigenvalue weighted by Gasteiger charge is 2.40. The highest BCUT2D eigenvalue weighted by Crippen LogP contribution is 2.45. The number of carbonyl (C=O) groups excluding carboxylic acids is 2. The first-order valence-electron chi connectivity index (χ1n) is 12.3. The van der Waals surface area contributed by atoms with Gasteiger partial charge in [0.2, 0.25) is 0 Å². The van der Waals surface area contributed by atoms with Crippen LogP contribution in [0.4, 0.5) is 23.7 Å². The molecule has 0 spiro atoms. The molecule has 200 valence electrons. The molecule has 0 aliphatic carbocycles. The average Bonchev–Trinajstić information content (AvgIpc) is 3.42. The third-order valence-electron chi connectivity index (χ3n) is 6.47. The Bertz CT molecular complexity index is 1580. The van der Waals surface area contributed by atoms with E-state index in [2.05, 4.69) is 4.98 Å². The number of anilines is 1. The van der Waals surface area contributed by atoms with Gasteiger partial charge in [0.25, 0.3) is 5.91 Å². The van der Waals surface area contributed by atoms with Crippen molar-refractivity contribution in [1.82, 2.24) is 9.55 Å². The number of aromatic nitrogens is 2. The fraction of sp³-hybridized carbons (Fsp3) is 0.233. The van der Waals surface area contributed by atoms with E-state index in [0.717, 1.165) is 11.6 Å². The minimum atomic E-state index is -4.61. The van der Waals surface area contributed by atoms with Crippen molar-refractivity contribution < 1.29 is 27.5 Å². The number of amides is 1. The predicted octanol–water partition coefficient (Wildman–Crippen LogP) is 7.49. The van der Waals surface area contributed by atoms with Gasteiger partial charge in [0.15, 0.2) is 0 Å². The van der Waals surface area contributed by atoms with E-state index in [1.165, 1.54) is 27.9 Å². The van der Waals surface area contributed by atoms with Crippen molar-refractivity contribution in [3.63, 3.8) is 0 Å². The molecule has 1 aromatic heterocycles. The molecule has 6 nitrogen and oxygen atoms in total. The Balaban J connectivity index is 1.74. The summed E-state index contributed by atoms with van der Waals surface area (Å²) < 4.78 is 48.4. The number of nitrogens with zero attached hydrogens (tertiary/aromatic N) is 3. The molecule has 0 saturated heterocycles. The second kappa shape index (κ2) is 9.41. The van der Waals surface area contributed by atoms with E-state index in [0.29, 0.717) is 28.2 Å². The Hall–Kier alpha value is -4.40. The fourth-order valence-corrected chi connectivity index (χ4v) is 4.85. The predicted molar refractivity (Wildman–Crippen MR) is 141 cm³/mol. The molecule has 0 bridgehead atoms. The van der Waals surface area contributed by atoms with E-state index in [9.17, 15) is 22.8 Å². The van der Waals surface area contributed by atoms with Gasteiger partial charge in [-0.1, -0.05) is 48.5 Å². The maximum atomic E-state index is 13.8. The lowest BCUT2D eigenvalue weighted by Crippen LogP contribution is -2.28. The number of carbonyl (C=O) groups is 2. The first-order chi connectivity index (χ1) is 18.4. The number of fused-ring (bicyclic) bond motifs is 1. The number of halogens is 3. The van der Waals surface area contributed by atoms with E-state index in [1.54, 1.807) is 39.8 Å². The summed E-state index contributed by atoms with van der Waals surface area (Å²) in [5.41, 5.74) is 1.50. The second-order valence-electron chi connectivity index (χ2n) is 10.3. The lowest BCUT2D eigenvalue weighted by atomic mass is 9.94. The van der Waals surface area contributed by atoms with Gasteiger partial charge in [-0.05, 0) is 62.6 Å². The summed E-state index contributed by atoms with van der Waals surface area (Å²) in [6.45, 7) is 6.70. The van der Waals surface area contributed by atoms with Crippen LogP contribution in [0, 0.1) is 6.92 Å². The molecule has 2 heterocycles. The smallest absolute Gasteiger partial charge is 0.420 e. The molecule has 39 heavy (non-hydrogen) atoms. The summed E-state index contributed by atoms with van der Waals surface area (Å²) in [5.74, 6) is -0.552. The molecule has 0 radical (unpaired) electrons. The highest BCUT2D eigenvalue weighted by atomic mass is 19.4. The topological polar surface area (TPSA) is 64.4 Å². The van der Waals surface area contributed by atoms with Gasteiger partial charge >= 0.3 is 12.3 Å². The van der Waals surface area contributed by atoms with Crippen LogP contribution in [0.3, 0.4) is 0 Å². The number of hydrogen-bond acceptors (Lipinski definition) is 4. The quantitative estimate of drug-likeness (QED) is 0.274. The number of alkyl halides is 3. The zero-order valence-corrected chi connectivity index (χ0v) is 21.8. The van der Waals surface area contributed by atoms with Crippen molar-refractivity contribution in [1.29, 1.82) is 0 Å². The van der Waals surface area contributed by atoms with Crippen LogP contribution in [0.15, 0.2) is 73.1 Å². The number of ether oxygens (including phenoxy) is 1. The fourth-order valence-electron chi connectivity index (χ4n) is 4.85. The molecule has 0 atom stereocenters. The SMILES string of the molecule is Cc1ncn(C(=O)OC(C)(C)C)c1-c1c(-c2ccccc2)cccc1N1Cc2c(cccc2C(F)(F)F)C1=O. The first kappa shape index (κ1) is 26.2. The Morgan fingerprint density at radius 2 is 1.59 bits per heavy atom. The second-order valence-corrected chi connectivity index (χ2v) is 10.3. The molecule has 0 saturated carbocycles. The summed E-state index contributed by atoms with van der Waals surface area (Å²) in [5, 5.41) is 0.